The average Bonchev–Trinajstić information content (AvgIpc) is 2.25. The second-order valence-corrected chi connectivity index (χ2v) is 8.59. The SMILES string of the molecule is CC1CN(S(=O)(=O)c2c(Cl)cc(Br)cc2Cl)CC(C)N1. The first kappa shape index (κ1) is 16.5. The number of halogens is 3. The summed E-state index contributed by atoms with van der Waals surface area (Å²) in [6.07, 6.45) is 0. The summed E-state index contributed by atoms with van der Waals surface area (Å²) in [6, 6.07) is 3.24. The molecule has 20 heavy (non-hydrogen) atoms. The Morgan fingerprint density at radius 2 is 1.65 bits per heavy atom. The summed E-state index contributed by atoms with van der Waals surface area (Å²) >= 11 is 15.4. The molecule has 1 fully saturated rings. The fraction of sp³-hybridized carbons (Fsp3) is 0.500. The van der Waals surface area contributed by atoms with E-state index in [1.54, 1.807) is 0 Å². The highest BCUT2D eigenvalue weighted by Crippen LogP contribution is 2.35. The third-order valence-electron chi connectivity index (χ3n) is 3.08. The molecular weight excluding hydrogens is 387 g/mol. The van der Waals surface area contributed by atoms with E-state index in [1.807, 2.05) is 13.8 Å². The normalized spacial score (nSPS) is 24.9. The smallest absolute Gasteiger partial charge is 0.246 e. The number of nitrogens with one attached hydrogen (secondary N) is 1. The minimum absolute atomic E-state index is 0.0228. The maximum absolute atomic E-state index is 12.7. The van der Waals surface area contributed by atoms with Gasteiger partial charge < -0.3 is 5.32 Å². The molecule has 1 saturated heterocycles. The van der Waals surface area contributed by atoms with Crippen molar-refractivity contribution >= 4 is 49.2 Å². The highest BCUT2D eigenvalue weighted by molar-refractivity contribution is 9.10. The lowest BCUT2D eigenvalue weighted by Gasteiger charge is -2.35. The van der Waals surface area contributed by atoms with Gasteiger partial charge >= 0.3 is 0 Å². The topological polar surface area (TPSA) is 49.4 Å². The van der Waals surface area contributed by atoms with Gasteiger partial charge in [-0.2, -0.15) is 4.31 Å². The lowest BCUT2D eigenvalue weighted by atomic mass is 10.2. The van der Waals surface area contributed by atoms with Gasteiger partial charge in [-0.1, -0.05) is 39.1 Å². The highest BCUT2D eigenvalue weighted by atomic mass is 79.9. The number of piperazine rings is 1. The van der Waals surface area contributed by atoms with Crippen LogP contribution in [0.15, 0.2) is 21.5 Å². The van der Waals surface area contributed by atoms with Crippen molar-refractivity contribution in [2.24, 2.45) is 0 Å². The monoisotopic (exact) mass is 400 g/mol. The Morgan fingerprint density at radius 3 is 2.10 bits per heavy atom. The fourth-order valence-corrected chi connectivity index (χ4v) is 5.88. The Kier molecular flexibility index (Phi) is 5.04. The Hall–Kier alpha value is 0.150. The second-order valence-electron chi connectivity index (χ2n) is 4.99. The zero-order valence-electron chi connectivity index (χ0n) is 11.0. The average molecular weight is 402 g/mol. The minimum Gasteiger partial charge on any atom is -0.309 e. The molecule has 0 radical (unpaired) electrons. The zero-order valence-corrected chi connectivity index (χ0v) is 14.9. The van der Waals surface area contributed by atoms with E-state index >= 15 is 0 Å². The van der Waals surface area contributed by atoms with Crippen molar-refractivity contribution in [3.8, 4) is 0 Å². The Bertz CT molecular complexity index is 591. The molecule has 0 amide bonds. The van der Waals surface area contributed by atoms with Crippen LogP contribution in [-0.2, 0) is 10.0 Å². The predicted molar refractivity (Wildman–Crippen MR) is 85.0 cm³/mol. The van der Waals surface area contributed by atoms with Crippen LogP contribution in [0.4, 0.5) is 0 Å². The third-order valence-corrected chi connectivity index (χ3v) is 6.30. The molecule has 1 heterocycles. The molecular formula is C12H15BrCl2N2O2S. The summed E-state index contributed by atoms with van der Waals surface area (Å²) in [7, 11) is -3.70. The molecule has 0 aliphatic carbocycles. The van der Waals surface area contributed by atoms with Crippen molar-refractivity contribution < 1.29 is 8.42 Å². The van der Waals surface area contributed by atoms with Gasteiger partial charge in [0.25, 0.3) is 0 Å². The molecule has 1 aliphatic heterocycles. The third kappa shape index (κ3) is 3.31. The molecule has 4 nitrogen and oxygen atoms in total. The van der Waals surface area contributed by atoms with Gasteiger partial charge in [-0.15, -0.1) is 0 Å². The molecule has 1 aromatic rings. The van der Waals surface area contributed by atoms with Gasteiger partial charge in [0, 0.05) is 29.6 Å². The molecule has 1 N–H and O–H groups in total. The number of hydrogen-bond acceptors (Lipinski definition) is 3. The maximum Gasteiger partial charge on any atom is 0.246 e. The van der Waals surface area contributed by atoms with Crippen LogP contribution in [0.5, 0.6) is 0 Å². The van der Waals surface area contributed by atoms with E-state index in [4.69, 9.17) is 23.2 Å². The first-order chi connectivity index (χ1) is 9.21. The number of hydrogen-bond donors (Lipinski definition) is 1. The van der Waals surface area contributed by atoms with E-state index in [2.05, 4.69) is 21.2 Å². The van der Waals surface area contributed by atoms with E-state index < -0.39 is 10.0 Å². The largest absolute Gasteiger partial charge is 0.309 e. The zero-order chi connectivity index (χ0) is 15.1. The van der Waals surface area contributed by atoms with Gasteiger partial charge in [-0.3, -0.25) is 0 Å². The Labute approximate surface area is 137 Å². The lowest BCUT2D eigenvalue weighted by Crippen LogP contribution is -2.55. The van der Waals surface area contributed by atoms with Crippen LogP contribution in [-0.4, -0.2) is 37.9 Å². The van der Waals surface area contributed by atoms with Crippen molar-refractivity contribution in [2.45, 2.75) is 30.8 Å². The number of sulfonamides is 1. The summed E-state index contributed by atoms with van der Waals surface area (Å²) in [5, 5.41) is 3.55. The number of nitrogens with zero attached hydrogens (tertiary/aromatic N) is 1. The molecule has 0 spiro atoms. The summed E-state index contributed by atoms with van der Waals surface area (Å²) < 4.78 is 27.6. The quantitative estimate of drug-likeness (QED) is 0.828. The van der Waals surface area contributed by atoms with Crippen molar-refractivity contribution in [1.82, 2.24) is 9.62 Å². The second kappa shape index (κ2) is 6.10. The summed E-state index contributed by atoms with van der Waals surface area (Å²) in [5.41, 5.74) is 0. The van der Waals surface area contributed by atoms with E-state index in [-0.39, 0.29) is 27.0 Å². The molecule has 112 valence electrons. The molecule has 1 aliphatic rings. The summed E-state index contributed by atoms with van der Waals surface area (Å²) in [6.45, 7) is 4.69. The van der Waals surface area contributed by atoms with E-state index in [0.717, 1.165) is 0 Å². The first-order valence-electron chi connectivity index (χ1n) is 6.12. The Morgan fingerprint density at radius 1 is 1.20 bits per heavy atom. The standard InChI is InChI=1S/C12H15BrCl2N2O2S/c1-7-5-17(6-8(2)16-7)20(18,19)12-10(14)3-9(13)4-11(12)15/h3-4,7-8,16H,5-6H2,1-2H3. The molecule has 0 aromatic heterocycles. The molecule has 2 atom stereocenters. The molecule has 8 heteroatoms. The van der Waals surface area contributed by atoms with Crippen molar-refractivity contribution in [3.63, 3.8) is 0 Å². The van der Waals surface area contributed by atoms with Gasteiger partial charge in [-0.05, 0) is 26.0 Å². The van der Waals surface area contributed by atoms with Crippen LogP contribution in [0.3, 0.4) is 0 Å². The van der Waals surface area contributed by atoms with Crippen molar-refractivity contribution in [1.29, 1.82) is 0 Å². The molecule has 1 aromatic carbocycles. The van der Waals surface area contributed by atoms with Gasteiger partial charge in [0.15, 0.2) is 0 Å². The van der Waals surface area contributed by atoms with E-state index in [0.29, 0.717) is 17.6 Å². The van der Waals surface area contributed by atoms with Gasteiger partial charge in [0.1, 0.15) is 4.90 Å². The van der Waals surface area contributed by atoms with Crippen LogP contribution in [0, 0.1) is 0 Å². The minimum atomic E-state index is -3.70. The molecule has 2 rings (SSSR count). The summed E-state index contributed by atoms with van der Waals surface area (Å²) in [4.78, 5) is -0.0228. The van der Waals surface area contributed by atoms with Crippen LogP contribution in [0.1, 0.15) is 13.8 Å². The van der Waals surface area contributed by atoms with Gasteiger partial charge in [-0.25, -0.2) is 8.42 Å². The Balaban J connectivity index is 2.45. The number of benzene rings is 1. The predicted octanol–water partition coefficient (Wildman–Crippen LogP) is 3.13. The lowest BCUT2D eigenvalue weighted by molar-refractivity contribution is 0.263. The summed E-state index contributed by atoms with van der Waals surface area (Å²) in [5.74, 6) is 0. The van der Waals surface area contributed by atoms with Crippen molar-refractivity contribution in [2.75, 3.05) is 13.1 Å². The van der Waals surface area contributed by atoms with Gasteiger partial charge in [0.05, 0.1) is 10.0 Å². The van der Waals surface area contributed by atoms with Crippen LogP contribution >= 0.6 is 39.1 Å². The fourth-order valence-electron chi connectivity index (χ4n) is 2.38. The van der Waals surface area contributed by atoms with Crippen LogP contribution in [0.25, 0.3) is 0 Å². The highest BCUT2D eigenvalue weighted by Gasteiger charge is 2.34. The molecule has 0 bridgehead atoms. The van der Waals surface area contributed by atoms with Crippen LogP contribution in [0.2, 0.25) is 10.0 Å². The molecule has 2 unspecified atom stereocenters. The maximum atomic E-state index is 12.7. The molecule has 0 saturated carbocycles. The van der Waals surface area contributed by atoms with E-state index in [9.17, 15) is 8.42 Å². The van der Waals surface area contributed by atoms with Gasteiger partial charge in [0.2, 0.25) is 10.0 Å². The number of rotatable bonds is 2. The van der Waals surface area contributed by atoms with E-state index in [1.165, 1.54) is 16.4 Å². The van der Waals surface area contributed by atoms with Crippen molar-refractivity contribution in [3.05, 3.63) is 26.7 Å². The van der Waals surface area contributed by atoms with Crippen LogP contribution < -0.4 is 5.32 Å². The first-order valence-corrected chi connectivity index (χ1v) is 9.11.